The molecule has 2 aromatic heterocycles. The van der Waals surface area contributed by atoms with Gasteiger partial charge in [-0.25, -0.2) is 4.98 Å². The second-order valence-electron chi connectivity index (χ2n) is 5.80. The molecule has 0 bridgehead atoms. The fraction of sp³-hybridized carbons (Fsp3) is 0.562. The summed E-state index contributed by atoms with van der Waals surface area (Å²) in [6.07, 6.45) is 1.56. The van der Waals surface area contributed by atoms with Crippen LogP contribution in [-0.2, 0) is 6.54 Å². The quantitative estimate of drug-likeness (QED) is 0.855. The average Bonchev–Trinajstić information content (AvgIpc) is 2.92. The summed E-state index contributed by atoms with van der Waals surface area (Å²) in [5.74, 6) is 0.0312. The van der Waals surface area contributed by atoms with Crippen molar-refractivity contribution in [2.75, 3.05) is 32.7 Å². The fourth-order valence-corrected chi connectivity index (χ4v) is 4.11. The van der Waals surface area contributed by atoms with Gasteiger partial charge in [0, 0.05) is 32.7 Å². The Morgan fingerprint density at radius 3 is 2.52 bits per heavy atom. The monoisotopic (exact) mass is 334 g/mol. The Labute approximate surface area is 139 Å². The van der Waals surface area contributed by atoms with Gasteiger partial charge < -0.3 is 9.80 Å². The first-order valence-corrected chi connectivity index (χ1v) is 8.88. The molecular formula is C16H22N4O2S. The first-order chi connectivity index (χ1) is 11.1. The Morgan fingerprint density at radius 2 is 1.91 bits per heavy atom. The van der Waals surface area contributed by atoms with E-state index < -0.39 is 0 Å². The van der Waals surface area contributed by atoms with E-state index in [-0.39, 0.29) is 11.5 Å². The number of fused-ring (bicyclic) bond motifs is 1. The minimum atomic E-state index is -0.0545. The molecule has 0 saturated carbocycles. The highest BCUT2D eigenvalue weighted by Gasteiger charge is 2.26. The zero-order valence-electron chi connectivity index (χ0n) is 13.8. The Balaban J connectivity index is 1.94. The van der Waals surface area contributed by atoms with Gasteiger partial charge in [0.25, 0.3) is 11.5 Å². The van der Waals surface area contributed by atoms with Crippen LogP contribution in [0.5, 0.6) is 0 Å². The molecule has 0 unspecified atom stereocenters. The number of amides is 1. The average molecular weight is 334 g/mol. The molecule has 0 aliphatic carbocycles. The van der Waals surface area contributed by atoms with Crippen LogP contribution in [0.2, 0.25) is 0 Å². The van der Waals surface area contributed by atoms with Crippen LogP contribution in [-0.4, -0.2) is 58.0 Å². The smallest absolute Gasteiger partial charge is 0.264 e. The van der Waals surface area contributed by atoms with E-state index in [1.807, 2.05) is 18.7 Å². The Bertz CT molecular complexity index is 787. The molecule has 3 rings (SSSR count). The van der Waals surface area contributed by atoms with Gasteiger partial charge in [0.05, 0.1) is 16.6 Å². The van der Waals surface area contributed by atoms with Crippen LogP contribution in [0, 0.1) is 6.92 Å². The number of carbonyl (C=O) groups is 1. The first-order valence-electron chi connectivity index (χ1n) is 8.07. The van der Waals surface area contributed by atoms with Crippen molar-refractivity contribution in [1.82, 2.24) is 19.4 Å². The minimum absolute atomic E-state index is 0.0312. The van der Waals surface area contributed by atoms with E-state index in [9.17, 15) is 9.59 Å². The molecule has 0 aromatic carbocycles. The molecule has 1 aliphatic rings. The molecule has 1 amide bonds. The first kappa shape index (κ1) is 16.1. The maximum Gasteiger partial charge on any atom is 0.264 e. The van der Waals surface area contributed by atoms with Crippen molar-refractivity contribution < 1.29 is 4.79 Å². The number of aryl methyl sites for hydroxylation is 2. The summed E-state index contributed by atoms with van der Waals surface area (Å²) in [5, 5.41) is 0.592. The lowest BCUT2D eigenvalue weighted by Gasteiger charge is -2.33. The van der Waals surface area contributed by atoms with Gasteiger partial charge in [-0.1, -0.05) is 6.92 Å². The SMILES string of the molecule is CCN1CCN(C(=O)c2sc3ncn(CC)c(=O)c3c2C)CC1. The van der Waals surface area contributed by atoms with Gasteiger partial charge >= 0.3 is 0 Å². The molecule has 0 spiro atoms. The molecule has 6 nitrogen and oxygen atoms in total. The number of carbonyl (C=O) groups excluding carboxylic acids is 1. The third-order valence-corrected chi connectivity index (χ3v) is 5.75. The molecule has 0 radical (unpaired) electrons. The maximum absolute atomic E-state index is 12.8. The highest BCUT2D eigenvalue weighted by molar-refractivity contribution is 7.20. The number of hydrogen-bond acceptors (Lipinski definition) is 5. The predicted molar refractivity (Wildman–Crippen MR) is 92.3 cm³/mol. The number of likely N-dealkylation sites (N-methyl/N-ethyl adjacent to an activating group) is 1. The summed E-state index contributed by atoms with van der Waals surface area (Å²) in [5.41, 5.74) is 0.717. The lowest BCUT2D eigenvalue weighted by molar-refractivity contribution is 0.0647. The van der Waals surface area contributed by atoms with Crippen LogP contribution in [0.15, 0.2) is 11.1 Å². The van der Waals surface area contributed by atoms with Crippen molar-refractivity contribution in [3.63, 3.8) is 0 Å². The highest BCUT2D eigenvalue weighted by atomic mass is 32.1. The number of thiophene rings is 1. The predicted octanol–water partition coefficient (Wildman–Crippen LogP) is 1.56. The van der Waals surface area contributed by atoms with E-state index in [0.717, 1.165) is 38.3 Å². The minimum Gasteiger partial charge on any atom is -0.335 e. The largest absolute Gasteiger partial charge is 0.335 e. The second kappa shape index (κ2) is 6.41. The van der Waals surface area contributed by atoms with E-state index >= 15 is 0 Å². The zero-order valence-corrected chi connectivity index (χ0v) is 14.7. The van der Waals surface area contributed by atoms with Gasteiger partial charge in [-0.15, -0.1) is 11.3 Å². The molecule has 1 aliphatic heterocycles. The van der Waals surface area contributed by atoms with Gasteiger partial charge in [-0.05, 0) is 26.0 Å². The molecule has 124 valence electrons. The molecule has 7 heteroatoms. The number of aromatic nitrogens is 2. The number of piperazine rings is 1. The van der Waals surface area contributed by atoms with Crippen molar-refractivity contribution in [3.05, 3.63) is 27.1 Å². The summed E-state index contributed by atoms with van der Waals surface area (Å²) in [6.45, 7) is 10.8. The molecule has 1 saturated heterocycles. The summed E-state index contributed by atoms with van der Waals surface area (Å²) in [6, 6.07) is 0. The van der Waals surface area contributed by atoms with E-state index in [4.69, 9.17) is 0 Å². The number of rotatable bonds is 3. The van der Waals surface area contributed by atoms with Crippen LogP contribution >= 0.6 is 11.3 Å². The lowest BCUT2D eigenvalue weighted by atomic mass is 10.2. The molecular weight excluding hydrogens is 312 g/mol. The van der Waals surface area contributed by atoms with Crippen molar-refractivity contribution in [2.24, 2.45) is 0 Å². The van der Waals surface area contributed by atoms with Gasteiger partial charge in [0.2, 0.25) is 0 Å². The standard InChI is InChI=1S/C16H22N4O2S/c1-4-18-6-8-20(9-7-18)16(22)13-11(3)12-14(23-13)17-10-19(5-2)15(12)21/h10H,4-9H2,1-3H3. The molecule has 3 heterocycles. The summed E-state index contributed by atoms with van der Waals surface area (Å²) >= 11 is 1.34. The number of hydrogen-bond donors (Lipinski definition) is 0. The summed E-state index contributed by atoms with van der Waals surface area (Å²) < 4.78 is 1.58. The van der Waals surface area contributed by atoms with Gasteiger partial charge in [0.15, 0.2) is 0 Å². The van der Waals surface area contributed by atoms with Gasteiger partial charge in [0.1, 0.15) is 4.83 Å². The molecule has 1 fully saturated rings. The normalized spacial score (nSPS) is 16.2. The third kappa shape index (κ3) is 2.79. The van der Waals surface area contributed by atoms with Gasteiger partial charge in [-0.2, -0.15) is 0 Å². The lowest BCUT2D eigenvalue weighted by Crippen LogP contribution is -2.48. The van der Waals surface area contributed by atoms with Crippen molar-refractivity contribution in [3.8, 4) is 0 Å². The van der Waals surface area contributed by atoms with Crippen LogP contribution in [0.4, 0.5) is 0 Å². The van der Waals surface area contributed by atoms with Crippen molar-refractivity contribution in [2.45, 2.75) is 27.3 Å². The van der Waals surface area contributed by atoms with Crippen LogP contribution in [0.25, 0.3) is 10.2 Å². The molecule has 2 aromatic rings. The molecule has 0 N–H and O–H groups in total. The van der Waals surface area contributed by atoms with Crippen LogP contribution < -0.4 is 5.56 Å². The Hall–Kier alpha value is -1.73. The molecule has 23 heavy (non-hydrogen) atoms. The summed E-state index contributed by atoms with van der Waals surface area (Å²) in [7, 11) is 0. The van der Waals surface area contributed by atoms with E-state index in [1.165, 1.54) is 11.3 Å². The topological polar surface area (TPSA) is 58.4 Å². The van der Waals surface area contributed by atoms with Crippen molar-refractivity contribution in [1.29, 1.82) is 0 Å². The second-order valence-corrected chi connectivity index (χ2v) is 6.80. The van der Waals surface area contributed by atoms with Crippen LogP contribution in [0.1, 0.15) is 29.1 Å². The zero-order chi connectivity index (χ0) is 16.6. The maximum atomic E-state index is 12.8. The number of nitrogens with zero attached hydrogens (tertiary/aromatic N) is 4. The van der Waals surface area contributed by atoms with Crippen LogP contribution in [0.3, 0.4) is 0 Å². The third-order valence-electron chi connectivity index (χ3n) is 4.56. The van der Waals surface area contributed by atoms with Gasteiger partial charge in [-0.3, -0.25) is 14.2 Å². The summed E-state index contributed by atoms with van der Waals surface area (Å²) in [4.78, 5) is 35.2. The highest BCUT2D eigenvalue weighted by Crippen LogP contribution is 2.28. The fourth-order valence-electron chi connectivity index (χ4n) is 3.00. The van der Waals surface area contributed by atoms with E-state index in [0.29, 0.717) is 21.6 Å². The van der Waals surface area contributed by atoms with E-state index in [2.05, 4.69) is 16.8 Å². The van der Waals surface area contributed by atoms with E-state index in [1.54, 1.807) is 10.9 Å². The van der Waals surface area contributed by atoms with Crippen molar-refractivity contribution >= 4 is 27.5 Å². The molecule has 0 atom stereocenters. The Kier molecular flexibility index (Phi) is 4.50. The Morgan fingerprint density at radius 1 is 1.22 bits per heavy atom.